The molecule has 132 valence electrons. The van der Waals surface area contributed by atoms with Gasteiger partial charge in [-0.15, -0.1) is 0 Å². The highest BCUT2D eigenvalue weighted by atomic mass is 35.5. The van der Waals surface area contributed by atoms with Gasteiger partial charge in [-0.2, -0.15) is 0 Å². The van der Waals surface area contributed by atoms with Gasteiger partial charge in [0.1, 0.15) is 5.41 Å². The molecule has 0 radical (unpaired) electrons. The van der Waals surface area contributed by atoms with Gasteiger partial charge in [0, 0.05) is 16.4 Å². The van der Waals surface area contributed by atoms with Crippen LogP contribution in [0.25, 0.3) is 0 Å². The number of benzene rings is 2. The number of amides is 2. The van der Waals surface area contributed by atoms with E-state index in [1.165, 1.54) is 0 Å². The fraction of sp³-hybridized carbons (Fsp3) is 0.300. The predicted octanol–water partition coefficient (Wildman–Crippen LogP) is 4.87. The Bertz CT molecular complexity index is 761. The van der Waals surface area contributed by atoms with Crippen LogP contribution in [0, 0.1) is 26.2 Å². The molecule has 2 aromatic rings. The molecule has 0 atom stereocenters. The van der Waals surface area contributed by atoms with Crippen molar-refractivity contribution in [3.05, 3.63) is 58.1 Å². The Balaban J connectivity index is 2.19. The first-order chi connectivity index (χ1) is 11.6. The number of nitrogens with one attached hydrogen (secondary N) is 2. The second-order valence-electron chi connectivity index (χ2n) is 6.69. The van der Waals surface area contributed by atoms with E-state index in [4.69, 9.17) is 11.6 Å². The van der Waals surface area contributed by atoms with E-state index in [0.29, 0.717) is 16.4 Å². The maximum Gasteiger partial charge on any atom is 0.239 e. The molecule has 0 bridgehead atoms. The standard InChI is InChI=1S/C20H23ClN2O2/c1-12-8-6-10-16(13(12)2)22-18(24)20(4,5)19(25)23-17-11-7-9-15(21)14(17)3/h6-11H,1-5H3,(H,22,24)(H,23,25). The third kappa shape index (κ3) is 4.02. The van der Waals surface area contributed by atoms with E-state index < -0.39 is 5.41 Å². The molecule has 0 aliphatic heterocycles. The minimum atomic E-state index is -1.25. The normalized spacial score (nSPS) is 11.1. The molecule has 2 amide bonds. The molecule has 0 aliphatic carbocycles. The fourth-order valence-electron chi connectivity index (χ4n) is 2.29. The van der Waals surface area contributed by atoms with Crippen molar-refractivity contribution in [2.45, 2.75) is 34.6 Å². The third-order valence-corrected chi connectivity index (χ3v) is 4.91. The van der Waals surface area contributed by atoms with Gasteiger partial charge in [0.15, 0.2) is 0 Å². The smallest absolute Gasteiger partial charge is 0.239 e. The van der Waals surface area contributed by atoms with Gasteiger partial charge in [0.05, 0.1) is 0 Å². The molecule has 0 aromatic heterocycles. The van der Waals surface area contributed by atoms with Crippen LogP contribution >= 0.6 is 11.6 Å². The van der Waals surface area contributed by atoms with Crippen molar-refractivity contribution < 1.29 is 9.59 Å². The topological polar surface area (TPSA) is 58.2 Å². The van der Waals surface area contributed by atoms with E-state index in [1.807, 2.05) is 39.0 Å². The molecule has 4 nitrogen and oxygen atoms in total. The third-order valence-electron chi connectivity index (χ3n) is 4.50. The van der Waals surface area contributed by atoms with Crippen LogP contribution in [0.3, 0.4) is 0 Å². The van der Waals surface area contributed by atoms with Gasteiger partial charge in [-0.3, -0.25) is 9.59 Å². The highest BCUT2D eigenvalue weighted by Crippen LogP contribution is 2.27. The minimum absolute atomic E-state index is 0.363. The lowest BCUT2D eigenvalue weighted by atomic mass is 9.90. The lowest BCUT2D eigenvalue weighted by Gasteiger charge is -2.24. The monoisotopic (exact) mass is 358 g/mol. The molecule has 0 unspecified atom stereocenters. The Hall–Kier alpha value is -2.33. The average molecular weight is 359 g/mol. The van der Waals surface area contributed by atoms with Gasteiger partial charge in [-0.25, -0.2) is 0 Å². The van der Waals surface area contributed by atoms with Crippen molar-refractivity contribution >= 4 is 34.8 Å². The van der Waals surface area contributed by atoms with Gasteiger partial charge in [-0.1, -0.05) is 29.8 Å². The van der Waals surface area contributed by atoms with Gasteiger partial charge < -0.3 is 10.6 Å². The van der Waals surface area contributed by atoms with Crippen molar-refractivity contribution in [3.63, 3.8) is 0 Å². The summed E-state index contributed by atoms with van der Waals surface area (Å²) < 4.78 is 0. The van der Waals surface area contributed by atoms with Crippen LogP contribution in [0.15, 0.2) is 36.4 Å². The lowest BCUT2D eigenvalue weighted by molar-refractivity contribution is -0.135. The summed E-state index contributed by atoms with van der Waals surface area (Å²) in [5, 5.41) is 6.22. The maximum atomic E-state index is 12.7. The van der Waals surface area contributed by atoms with Crippen LogP contribution in [-0.4, -0.2) is 11.8 Å². The number of hydrogen-bond acceptors (Lipinski definition) is 2. The molecular weight excluding hydrogens is 336 g/mol. The largest absolute Gasteiger partial charge is 0.325 e. The Morgan fingerprint density at radius 3 is 1.88 bits per heavy atom. The van der Waals surface area contributed by atoms with Gasteiger partial charge in [0.2, 0.25) is 11.8 Å². The Labute approximate surface area is 153 Å². The van der Waals surface area contributed by atoms with E-state index in [0.717, 1.165) is 16.7 Å². The number of anilines is 2. The second kappa shape index (κ2) is 7.28. The van der Waals surface area contributed by atoms with E-state index in [-0.39, 0.29) is 11.8 Å². The van der Waals surface area contributed by atoms with Gasteiger partial charge >= 0.3 is 0 Å². The average Bonchev–Trinajstić information content (AvgIpc) is 2.55. The highest BCUT2D eigenvalue weighted by molar-refractivity contribution is 6.31. The molecule has 25 heavy (non-hydrogen) atoms. The quantitative estimate of drug-likeness (QED) is 0.766. The summed E-state index contributed by atoms with van der Waals surface area (Å²) in [6.45, 7) is 8.94. The van der Waals surface area contributed by atoms with E-state index in [2.05, 4.69) is 10.6 Å². The highest BCUT2D eigenvalue weighted by Gasteiger charge is 2.36. The van der Waals surface area contributed by atoms with Gasteiger partial charge in [-0.05, 0) is 69.5 Å². The lowest BCUT2D eigenvalue weighted by Crippen LogP contribution is -2.41. The van der Waals surface area contributed by atoms with Crippen LogP contribution in [0.4, 0.5) is 11.4 Å². The van der Waals surface area contributed by atoms with Crippen LogP contribution in [0.2, 0.25) is 5.02 Å². The van der Waals surface area contributed by atoms with Crippen LogP contribution in [0.1, 0.15) is 30.5 Å². The SMILES string of the molecule is Cc1cccc(NC(=O)C(C)(C)C(=O)Nc2cccc(Cl)c2C)c1C. The van der Waals surface area contributed by atoms with E-state index in [9.17, 15) is 9.59 Å². The molecule has 0 spiro atoms. The number of aryl methyl sites for hydroxylation is 1. The van der Waals surface area contributed by atoms with Crippen LogP contribution in [0.5, 0.6) is 0 Å². The number of carbonyl (C=O) groups is 2. The van der Waals surface area contributed by atoms with Gasteiger partial charge in [0.25, 0.3) is 0 Å². The van der Waals surface area contributed by atoms with Crippen molar-refractivity contribution in [2.75, 3.05) is 10.6 Å². The number of carbonyl (C=O) groups excluding carboxylic acids is 2. The molecule has 2 aromatic carbocycles. The Kier molecular flexibility index (Phi) is 5.53. The summed E-state index contributed by atoms with van der Waals surface area (Å²) in [5.41, 5.74) is 2.90. The van der Waals surface area contributed by atoms with Crippen molar-refractivity contribution in [1.29, 1.82) is 0 Å². The summed E-state index contributed by atoms with van der Waals surface area (Å²) >= 11 is 6.08. The molecule has 0 saturated carbocycles. The molecule has 0 heterocycles. The fourth-order valence-corrected chi connectivity index (χ4v) is 2.46. The Morgan fingerprint density at radius 1 is 0.840 bits per heavy atom. The number of rotatable bonds is 4. The molecule has 0 fully saturated rings. The summed E-state index contributed by atoms with van der Waals surface area (Å²) in [6.07, 6.45) is 0. The van der Waals surface area contributed by atoms with Crippen LogP contribution < -0.4 is 10.6 Å². The molecule has 0 aliphatic rings. The first-order valence-corrected chi connectivity index (χ1v) is 8.46. The summed E-state index contributed by atoms with van der Waals surface area (Å²) in [5.74, 6) is -0.751. The molecule has 2 rings (SSSR count). The van der Waals surface area contributed by atoms with Crippen LogP contribution in [-0.2, 0) is 9.59 Å². The molecular formula is C20H23ClN2O2. The number of halogens is 1. The van der Waals surface area contributed by atoms with Crippen molar-refractivity contribution in [3.8, 4) is 0 Å². The zero-order chi connectivity index (χ0) is 18.8. The first-order valence-electron chi connectivity index (χ1n) is 8.09. The zero-order valence-electron chi connectivity index (χ0n) is 15.2. The molecule has 5 heteroatoms. The summed E-state index contributed by atoms with van der Waals surface area (Å²) in [4.78, 5) is 25.3. The van der Waals surface area contributed by atoms with Crippen molar-refractivity contribution in [2.24, 2.45) is 5.41 Å². The second-order valence-corrected chi connectivity index (χ2v) is 7.10. The predicted molar refractivity (Wildman–Crippen MR) is 103 cm³/mol. The first kappa shape index (κ1) is 19.0. The maximum absolute atomic E-state index is 12.7. The van der Waals surface area contributed by atoms with E-state index >= 15 is 0 Å². The summed E-state index contributed by atoms with van der Waals surface area (Å²) in [6, 6.07) is 11.0. The molecule has 0 saturated heterocycles. The minimum Gasteiger partial charge on any atom is -0.325 e. The zero-order valence-corrected chi connectivity index (χ0v) is 15.9. The van der Waals surface area contributed by atoms with E-state index in [1.54, 1.807) is 32.0 Å². The van der Waals surface area contributed by atoms with Crippen molar-refractivity contribution in [1.82, 2.24) is 0 Å². The number of hydrogen-bond donors (Lipinski definition) is 2. The Morgan fingerprint density at radius 2 is 1.32 bits per heavy atom. The summed E-state index contributed by atoms with van der Waals surface area (Å²) in [7, 11) is 0. The molecule has 2 N–H and O–H groups in total.